The first kappa shape index (κ1) is 17.2. The zero-order valence-electron chi connectivity index (χ0n) is 13.9. The van der Waals surface area contributed by atoms with E-state index in [0.717, 1.165) is 40.5 Å². The first-order valence-corrected chi connectivity index (χ1v) is 8.74. The van der Waals surface area contributed by atoms with Gasteiger partial charge in [-0.25, -0.2) is 9.97 Å². The molecule has 0 spiro atoms. The molecule has 0 amide bonds. The highest BCUT2D eigenvalue weighted by atomic mass is 79.9. The maximum atomic E-state index is 5.25. The molecule has 5 nitrogen and oxygen atoms in total. The van der Waals surface area contributed by atoms with Crippen LogP contribution >= 0.6 is 15.9 Å². The third-order valence-corrected chi connectivity index (χ3v) is 4.11. The Hall–Kier alpha value is -2.60. The van der Waals surface area contributed by atoms with Crippen LogP contribution in [0.25, 0.3) is 0 Å². The van der Waals surface area contributed by atoms with E-state index in [1.54, 1.807) is 13.4 Å². The third kappa shape index (κ3) is 5.19. The molecular weight excluding hydrogens is 380 g/mol. The third-order valence-electron chi connectivity index (χ3n) is 3.62. The van der Waals surface area contributed by atoms with E-state index in [-0.39, 0.29) is 0 Å². The van der Waals surface area contributed by atoms with Crippen molar-refractivity contribution in [2.24, 2.45) is 0 Å². The van der Waals surface area contributed by atoms with Gasteiger partial charge in [-0.15, -0.1) is 0 Å². The number of anilines is 3. The number of hydrogen-bond acceptors (Lipinski definition) is 5. The lowest BCUT2D eigenvalue weighted by molar-refractivity contribution is 0.414. The molecule has 0 radical (unpaired) electrons. The van der Waals surface area contributed by atoms with Crippen molar-refractivity contribution in [2.45, 2.75) is 6.42 Å². The molecule has 6 heteroatoms. The second-order valence-electron chi connectivity index (χ2n) is 5.45. The minimum atomic E-state index is 0.747. The Labute approximate surface area is 155 Å². The summed E-state index contributed by atoms with van der Waals surface area (Å²) in [5, 5.41) is 6.60. The monoisotopic (exact) mass is 398 g/mol. The predicted octanol–water partition coefficient (Wildman–Crippen LogP) is 4.65. The molecule has 3 aromatic rings. The molecule has 0 aliphatic heterocycles. The highest BCUT2D eigenvalue weighted by molar-refractivity contribution is 9.10. The number of nitrogens with one attached hydrogen (secondary N) is 2. The number of rotatable bonds is 7. The second-order valence-corrected chi connectivity index (χ2v) is 6.37. The Kier molecular flexibility index (Phi) is 5.85. The minimum Gasteiger partial charge on any atom is -0.497 e. The van der Waals surface area contributed by atoms with Gasteiger partial charge in [0.05, 0.1) is 7.11 Å². The van der Waals surface area contributed by atoms with Crippen molar-refractivity contribution in [1.29, 1.82) is 0 Å². The van der Waals surface area contributed by atoms with Crippen LogP contribution in [-0.4, -0.2) is 23.6 Å². The molecule has 1 heterocycles. The molecule has 25 heavy (non-hydrogen) atoms. The summed E-state index contributed by atoms with van der Waals surface area (Å²) in [4.78, 5) is 8.53. The van der Waals surface area contributed by atoms with Crippen LogP contribution in [-0.2, 0) is 6.42 Å². The molecule has 0 unspecified atom stereocenters. The lowest BCUT2D eigenvalue weighted by atomic mass is 10.1. The lowest BCUT2D eigenvalue weighted by Crippen LogP contribution is -2.07. The van der Waals surface area contributed by atoms with Crippen LogP contribution < -0.4 is 15.4 Å². The Bertz CT molecular complexity index is 841. The Morgan fingerprint density at radius 1 is 1.00 bits per heavy atom. The summed E-state index contributed by atoms with van der Waals surface area (Å²) in [6.07, 6.45) is 2.43. The van der Waals surface area contributed by atoms with Gasteiger partial charge < -0.3 is 15.4 Å². The van der Waals surface area contributed by atoms with Crippen molar-refractivity contribution in [3.05, 3.63) is 71.0 Å². The van der Waals surface area contributed by atoms with E-state index in [9.17, 15) is 0 Å². The molecule has 0 fully saturated rings. The van der Waals surface area contributed by atoms with Crippen molar-refractivity contribution >= 4 is 33.3 Å². The van der Waals surface area contributed by atoms with Crippen LogP contribution in [0.4, 0.5) is 17.3 Å². The van der Waals surface area contributed by atoms with Crippen LogP contribution in [0.2, 0.25) is 0 Å². The van der Waals surface area contributed by atoms with Crippen LogP contribution in [0.3, 0.4) is 0 Å². The molecule has 2 aromatic carbocycles. The van der Waals surface area contributed by atoms with Crippen LogP contribution in [0.15, 0.2) is 65.4 Å². The van der Waals surface area contributed by atoms with Crippen molar-refractivity contribution in [3.63, 3.8) is 0 Å². The largest absolute Gasteiger partial charge is 0.497 e. The van der Waals surface area contributed by atoms with Crippen molar-refractivity contribution < 1.29 is 4.74 Å². The van der Waals surface area contributed by atoms with Crippen LogP contribution in [0, 0.1) is 0 Å². The summed E-state index contributed by atoms with van der Waals surface area (Å²) in [7, 11) is 1.68. The number of methoxy groups -OCH3 is 1. The highest BCUT2D eigenvalue weighted by Gasteiger charge is 2.01. The van der Waals surface area contributed by atoms with Gasteiger partial charge in [0.2, 0.25) is 0 Å². The van der Waals surface area contributed by atoms with Gasteiger partial charge >= 0.3 is 0 Å². The average Bonchev–Trinajstić information content (AvgIpc) is 2.62. The Morgan fingerprint density at radius 3 is 2.68 bits per heavy atom. The SMILES string of the molecule is COc1cccc(CCNc2cc(Nc3cccc(Br)c3)ncn2)c1. The van der Waals surface area contributed by atoms with E-state index in [4.69, 9.17) is 4.74 Å². The van der Waals surface area contributed by atoms with Gasteiger partial charge in [0, 0.05) is 22.8 Å². The highest BCUT2D eigenvalue weighted by Crippen LogP contribution is 2.20. The van der Waals surface area contributed by atoms with Crippen molar-refractivity contribution in [3.8, 4) is 5.75 Å². The number of hydrogen-bond donors (Lipinski definition) is 2. The van der Waals surface area contributed by atoms with E-state index in [1.165, 1.54) is 5.56 Å². The van der Waals surface area contributed by atoms with E-state index >= 15 is 0 Å². The standard InChI is InChI=1S/C19H19BrN4O/c1-25-17-7-2-4-14(10-17)8-9-21-18-12-19(23-13-22-18)24-16-6-3-5-15(20)11-16/h2-7,10-13H,8-9H2,1H3,(H2,21,22,23,24). The van der Waals surface area contributed by atoms with Gasteiger partial charge in [-0.2, -0.15) is 0 Å². The number of ether oxygens (including phenoxy) is 1. The number of halogens is 1. The predicted molar refractivity (Wildman–Crippen MR) is 105 cm³/mol. The first-order chi connectivity index (χ1) is 12.2. The first-order valence-electron chi connectivity index (χ1n) is 7.94. The maximum absolute atomic E-state index is 5.25. The molecule has 0 saturated carbocycles. The van der Waals surface area contributed by atoms with Gasteiger partial charge in [-0.1, -0.05) is 34.1 Å². The van der Waals surface area contributed by atoms with Gasteiger partial charge in [0.1, 0.15) is 23.7 Å². The van der Waals surface area contributed by atoms with Gasteiger partial charge in [-0.05, 0) is 42.3 Å². The fraction of sp³-hybridized carbons (Fsp3) is 0.158. The molecule has 0 aliphatic carbocycles. The smallest absolute Gasteiger partial charge is 0.135 e. The zero-order valence-corrected chi connectivity index (χ0v) is 15.5. The molecule has 0 bridgehead atoms. The van der Waals surface area contributed by atoms with Gasteiger partial charge in [-0.3, -0.25) is 0 Å². The molecule has 2 N–H and O–H groups in total. The molecule has 1 aromatic heterocycles. The van der Waals surface area contributed by atoms with E-state index in [2.05, 4.69) is 42.6 Å². The zero-order chi connectivity index (χ0) is 17.5. The second kappa shape index (κ2) is 8.48. The summed E-state index contributed by atoms with van der Waals surface area (Å²) in [5.74, 6) is 2.41. The number of benzene rings is 2. The summed E-state index contributed by atoms with van der Waals surface area (Å²) >= 11 is 3.46. The summed E-state index contributed by atoms with van der Waals surface area (Å²) in [6.45, 7) is 0.778. The fourth-order valence-corrected chi connectivity index (χ4v) is 2.80. The van der Waals surface area contributed by atoms with Crippen LogP contribution in [0.1, 0.15) is 5.56 Å². The van der Waals surface area contributed by atoms with E-state index < -0.39 is 0 Å². The Morgan fingerprint density at radius 2 is 1.84 bits per heavy atom. The topological polar surface area (TPSA) is 59.1 Å². The molecule has 0 atom stereocenters. The maximum Gasteiger partial charge on any atom is 0.135 e. The Balaban J connectivity index is 1.58. The van der Waals surface area contributed by atoms with Gasteiger partial charge in [0.25, 0.3) is 0 Å². The summed E-state index contributed by atoms with van der Waals surface area (Å²) in [5.41, 5.74) is 2.18. The minimum absolute atomic E-state index is 0.747. The average molecular weight is 399 g/mol. The normalized spacial score (nSPS) is 10.3. The van der Waals surface area contributed by atoms with Crippen molar-refractivity contribution in [1.82, 2.24) is 9.97 Å². The number of aromatic nitrogens is 2. The molecule has 3 rings (SSSR count). The van der Waals surface area contributed by atoms with Gasteiger partial charge in [0.15, 0.2) is 0 Å². The molecule has 0 saturated heterocycles. The fourth-order valence-electron chi connectivity index (χ4n) is 2.40. The lowest BCUT2D eigenvalue weighted by Gasteiger charge is -2.09. The van der Waals surface area contributed by atoms with Crippen LogP contribution in [0.5, 0.6) is 5.75 Å². The van der Waals surface area contributed by atoms with Crippen molar-refractivity contribution in [2.75, 3.05) is 24.3 Å². The molecular formula is C19H19BrN4O. The molecule has 128 valence electrons. The van der Waals surface area contributed by atoms with E-state index in [1.807, 2.05) is 48.5 Å². The van der Waals surface area contributed by atoms with E-state index in [0.29, 0.717) is 0 Å². The quantitative estimate of drug-likeness (QED) is 0.606. The summed E-state index contributed by atoms with van der Waals surface area (Å²) < 4.78 is 6.26. The number of nitrogens with zero attached hydrogens (tertiary/aromatic N) is 2. The molecule has 0 aliphatic rings. The summed E-state index contributed by atoms with van der Waals surface area (Å²) in [6, 6.07) is 17.9.